The van der Waals surface area contributed by atoms with Gasteiger partial charge >= 0.3 is 0 Å². The third kappa shape index (κ3) is 3.38. The lowest BCUT2D eigenvalue weighted by Gasteiger charge is -2.19. The number of nitrogens with one attached hydrogen (secondary N) is 1. The molecule has 1 fully saturated rings. The molecule has 3 rings (SSSR count). The summed E-state index contributed by atoms with van der Waals surface area (Å²) in [5.74, 6) is 1.58. The van der Waals surface area contributed by atoms with Crippen LogP contribution in [0.15, 0.2) is 22.7 Å². The van der Waals surface area contributed by atoms with E-state index in [1.54, 1.807) is 4.90 Å². The number of aromatic nitrogens is 2. The highest BCUT2D eigenvalue weighted by atomic mass is 35.5. The zero-order valence-electron chi connectivity index (χ0n) is 14.0. The molecular weight excluding hydrogens is 328 g/mol. The highest BCUT2D eigenvalue weighted by molar-refractivity contribution is 6.34. The summed E-state index contributed by atoms with van der Waals surface area (Å²) < 4.78 is 5.30. The quantitative estimate of drug-likeness (QED) is 0.878. The molecule has 7 heteroatoms. The summed E-state index contributed by atoms with van der Waals surface area (Å²) in [6.07, 6.45) is 1.46. The van der Waals surface area contributed by atoms with Crippen LogP contribution in [0, 0.1) is 0 Å². The fraction of sp³-hybridized carbons (Fsp3) is 0.471. The number of carbonyl (C=O) groups is 1. The summed E-state index contributed by atoms with van der Waals surface area (Å²) in [5.41, 5.74) is 1.60. The van der Waals surface area contributed by atoms with Crippen LogP contribution >= 0.6 is 11.6 Å². The van der Waals surface area contributed by atoms with E-state index in [0.29, 0.717) is 23.2 Å². The number of carbonyl (C=O) groups excluding carboxylic acids is 1. The van der Waals surface area contributed by atoms with Crippen LogP contribution in [0.1, 0.15) is 57.3 Å². The molecule has 0 aliphatic carbocycles. The van der Waals surface area contributed by atoms with Crippen molar-refractivity contribution in [3.8, 4) is 0 Å². The fourth-order valence-electron chi connectivity index (χ4n) is 2.69. The average Bonchev–Trinajstić information content (AvgIpc) is 3.17. The van der Waals surface area contributed by atoms with Crippen LogP contribution in [0.3, 0.4) is 0 Å². The first-order valence-corrected chi connectivity index (χ1v) is 8.53. The standard InChI is InChI=1S/C17H21ClN4O2/c1-10(2)16-20-17(24-21-16)11(3)19-12-6-7-14(13(18)9-12)22-8-4-5-15(22)23/h6-7,9-11,19H,4-5,8H2,1-3H3. The first-order chi connectivity index (χ1) is 11.5. The largest absolute Gasteiger partial charge is 0.374 e. The average molecular weight is 349 g/mol. The van der Waals surface area contributed by atoms with Crippen molar-refractivity contribution < 1.29 is 9.32 Å². The number of rotatable bonds is 5. The Bertz CT molecular complexity index is 744. The minimum absolute atomic E-state index is 0.123. The molecule has 0 saturated carbocycles. The Morgan fingerprint density at radius 1 is 1.33 bits per heavy atom. The third-order valence-corrected chi connectivity index (χ3v) is 4.34. The van der Waals surface area contributed by atoms with Gasteiger partial charge < -0.3 is 14.7 Å². The molecule has 1 N–H and O–H groups in total. The SMILES string of the molecule is CC(C)c1noc(C(C)Nc2ccc(N3CCCC3=O)c(Cl)c2)n1. The van der Waals surface area contributed by atoms with Crippen LogP contribution in [0.5, 0.6) is 0 Å². The highest BCUT2D eigenvalue weighted by Crippen LogP contribution is 2.32. The van der Waals surface area contributed by atoms with Crippen LogP contribution < -0.4 is 10.2 Å². The van der Waals surface area contributed by atoms with E-state index in [1.807, 2.05) is 39.0 Å². The predicted octanol–water partition coefficient (Wildman–Crippen LogP) is 4.15. The maximum Gasteiger partial charge on any atom is 0.248 e. The first kappa shape index (κ1) is 16.8. The van der Waals surface area contributed by atoms with Gasteiger partial charge in [-0.05, 0) is 31.5 Å². The van der Waals surface area contributed by atoms with Crippen molar-refractivity contribution in [2.24, 2.45) is 0 Å². The number of nitrogens with zero attached hydrogens (tertiary/aromatic N) is 3. The molecular formula is C17H21ClN4O2. The van der Waals surface area contributed by atoms with Gasteiger partial charge in [-0.3, -0.25) is 4.79 Å². The van der Waals surface area contributed by atoms with Crippen LogP contribution in [0.25, 0.3) is 0 Å². The van der Waals surface area contributed by atoms with Gasteiger partial charge in [0.1, 0.15) is 6.04 Å². The molecule has 1 unspecified atom stereocenters. The van der Waals surface area contributed by atoms with E-state index < -0.39 is 0 Å². The molecule has 1 saturated heterocycles. The van der Waals surface area contributed by atoms with Crippen molar-refractivity contribution in [1.82, 2.24) is 10.1 Å². The van der Waals surface area contributed by atoms with Crippen LogP contribution in [0.2, 0.25) is 5.02 Å². The van der Waals surface area contributed by atoms with Crippen molar-refractivity contribution in [1.29, 1.82) is 0 Å². The summed E-state index contributed by atoms with van der Waals surface area (Å²) in [6.45, 7) is 6.71. The predicted molar refractivity (Wildman–Crippen MR) is 93.5 cm³/mol. The molecule has 1 aromatic carbocycles. The summed E-state index contributed by atoms with van der Waals surface area (Å²) in [7, 11) is 0. The number of halogens is 1. The number of amides is 1. The number of benzene rings is 1. The summed E-state index contributed by atoms with van der Waals surface area (Å²) >= 11 is 6.36. The molecule has 0 bridgehead atoms. The number of anilines is 2. The van der Waals surface area contributed by atoms with Gasteiger partial charge in [0.2, 0.25) is 11.8 Å². The van der Waals surface area contributed by atoms with Crippen LogP contribution in [-0.2, 0) is 4.79 Å². The van der Waals surface area contributed by atoms with Crippen LogP contribution in [0.4, 0.5) is 11.4 Å². The molecule has 1 aromatic heterocycles. The molecule has 1 aliphatic heterocycles. The van der Waals surface area contributed by atoms with Gasteiger partial charge in [0, 0.05) is 24.6 Å². The van der Waals surface area contributed by atoms with Crippen molar-refractivity contribution >= 4 is 28.9 Å². The second kappa shape index (κ2) is 6.81. The topological polar surface area (TPSA) is 71.3 Å². The zero-order chi connectivity index (χ0) is 17.3. The zero-order valence-corrected chi connectivity index (χ0v) is 14.8. The molecule has 1 atom stereocenters. The second-order valence-electron chi connectivity index (χ2n) is 6.33. The molecule has 128 valence electrons. The lowest BCUT2D eigenvalue weighted by atomic mass is 10.2. The van der Waals surface area contributed by atoms with Crippen molar-refractivity contribution in [3.05, 3.63) is 34.9 Å². The monoisotopic (exact) mass is 348 g/mol. The van der Waals surface area contributed by atoms with Crippen molar-refractivity contribution in [3.63, 3.8) is 0 Å². The summed E-state index contributed by atoms with van der Waals surface area (Å²) in [6, 6.07) is 5.45. The maximum atomic E-state index is 11.9. The van der Waals surface area contributed by atoms with Crippen molar-refractivity contribution in [2.45, 2.75) is 45.6 Å². The molecule has 24 heavy (non-hydrogen) atoms. The molecule has 1 aliphatic rings. The van der Waals surface area contributed by atoms with Gasteiger partial charge in [-0.15, -0.1) is 0 Å². The van der Waals surface area contributed by atoms with Gasteiger partial charge in [0.05, 0.1) is 10.7 Å². The lowest BCUT2D eigenvalue weighted by molar-refractivity contribution is -0.117. The Balaban J connectivity index is 1.73. The Morgan fingerprint density at radius 2 is 2.12 bits per heavy atom. The molecule has 2 aromatic rings. The normalized spacial score (nSPS) is 16.0. The van der Waals surface area contributed by atoms with Crippen molar-refractivity contribution in [2.75, 3.05) is 16.8 Å². The Kier molecular flexibility index (Phi) is 4.76. The van der Waals surface area contributed by atoms with Gasteiger partial charge in [-0.2, -0.15) is 4.98 Å². The minimum atomic E-state index is -0.139. The Labute approximate surface area is 146 Å². The third-order valence-electron chi connectivity index (χ3n) is 4.04. The summed E-state index contributed by atoms with van der Waals surface area (Å²) in [5, 5.41) is 7.82. The molecule has 6 nitrogen and oxygen atoms in total. The van der Waals surface area contributed by atoms with E-state index in [-0.39, 0.29) is 17.9 Å². The first-order valence-electron chi connectivity index (χ1n) is 8.15. The molecule has 1 amide bonds. The molecule has 0 spiro atoms. The van der Waals surface area contributed by atoms with Gasteiger partial charge in [-0.25, -0.2) is 0 Å². The number of hydrogen-bond acceptors (Lipinski definition) is 5. The number of hydrogen-bond donors (Lipinski definition) is 1. The smallest absolute Gasteiger partial charge is 0.248 e. The maximum absolute atomic E-state index is 11.9. The highest BCUT2D eigenvalue weighted by Gasteiger charge is 2.24. The van der Waals surface area contributed by atoms with E-state index >= 15 is 0 Å². The van der Waals surface area contributed by atoms with E-state index in [1.165, 1.54) is 0 Å². The Morgan fingerprint density at radius 3 is 2.71 bits per heavy atom. The lowest BCUT2D eigenvalue weighted by Crippen LogP contribution is -2.24. The van der Waals surface area contributed by atoms with Gasteiger partial charge in [0.25, 0.3) is 0 Å². The fourth-order valence-corrected chi connectivity index (χ4v) is 2.97. The van der Waals surface area contributed by atoms with E-state index in [4.69, 9.17) is 16.1 Å². The van der Waals surface area contributed by atoms with E-state index in [9.17, 15) is 4.79 Å². The molecule has 2 heterocycles. The Hall–Kier alpha value is -2.08. The van der Waals surface area contributed by atoms with Gasteiger partial charge in [0.15, 0.2) is 5.82 Å². The summed E-state index contributed by atoms with van der Waals surface area (Å²) in [4.78, 5) is 18.0. The van der Waals surface area contributed by atoms with Gasteiger partial charge in [-0.1, -0.05) is 30.6 Å². The second-order valence-corrected chi connectivity index (χ2v) is 6.73. The minimum Gasteiger partial charge on any atom is -0.374 e. The van der Waals surface area contributed by atoms with E-state index in [2.05, 4.69) is 15.5 Å². The van der Waals surface area contributed by atoms with E-state index in [0.717, 1.165) is 24.3 Å². The van der Waals surface area contributed by atoms with Crippen LogP contribution in [-0.4, -0.2) is 22.6 Å². The molecule has 0 radical (unpaired) electrons.